The Morgan fingerprint density at radius 2 is 1.82 bits per heavy atom. The summed E-state index contributed by atoms with van der Waals surface area (Å²) in [7, 11) is 0. The van der Waals surface area contributed by atoms with Crippen molar-refractivity contribution in [3.8, 4) is 0 Å². The van der Waals surface area contributed by atoms with E-state index in [4.69, 9.17) is 5.73 Å². The van der Waals surface area contributed by atoms with Gasteiger partial charge >= 0.3 is 12.3 Å². The van der Waals surface area contributed by atoms with Crippen LogP contribution in [0.1, 0.15) is 26.7 Å². The molecule has 0 bridgehead atoms. The summed E-state index contributed by atoms with van der Waals surface area (Å²) in [4.78, 5) is 0. The normalized spacial score (nSPS) is 14.6. The van der Waals surface area contributed by atoms with Crippen LogP contribution < -0.4 is 11.1 Å². The summed E-state index contributed by atoms with van der Waals surface area (Å²) >= 11 is 0. The van der Waals surface area contributed by atoms with Crippen LogP contribution in [-0.4, -0.2) is 32.0 Å². The standard InChI is InChI=1S/C11H22F4N2/c1-8(2)5-9(6-16)3-4-17-7-11(14,15)10(12)13/h8-10,17H,3-7,16H2,1-2H3. The van der Waals surface area contributed by atoms with E-state index >= 15 is 0 Å². The van der Waals surface area contributed by atoms with E-state index in [2.05, 4.69) is 19.2 Å². The van der Waals surface area contributed by atoms with Gasteiger partial charge in [0, 0.05) is 0 Å². The van der Waals surface area contributed by atoms with E-state index in [-0.39, 0.29) is 12.5 Å². The minimum atomic E-state index is -3.95. The Labute approximate surface area is 99.9 Å². The molecule has 0 aromatic rings. The molecule has 0 fully saturated rings. The molecule has 17 heavy (non-hydrogen) atoms. The molecule has 0 saturated heterocycles. The average Bonchev–Trinajstić information content (AvgIpc) is 2.21. The topological polar surface area (TPSA) is 38.0 Å². The number of hydrogen-bond donors (Lipinski definition) is 2. The third-order valence-electron chi connectivity index (χ3n) is 2.55. The van der Waals surface area contributed by atoms with Crippen LogP contribution in [0.4, 0.5) is 17.6 Å². The van der Waals surface area contributed by atoms with E-state index in [0.717, 1.165) is 6.42 Å². The zero-order chi connectivity index (χ0) is 13.5. The van der Waals surface area contributed by atoms with E-state index in [0.29, 0.717) is 18.9 Å². The number of halogens is 4. The van der Waals surface area contributed by atoms with E-state index in [1.54, 1.807) is 0 Å². The second-order valence-electron chi connectivity index (χ2n) is 4.76. The first kappa shape index (κ1) is 16.6. The maximum atomic E-state index is 12.5. The largest absolute Gasteiger partial charge is 0.330 e. The molecule has 0 aliphatic heterocycles. The number of alkyl halides is 4. The fraction of sp³-hybridized carbons (Fsp3) is 1.00. The number of hydrogen-bond acceptors (Lipinski definition) is 2. The van der Waals surface area contributed by atoms with Crippen LogP contribution in [0, 0.1) is 11.8 Å². The fourth-order valence-electron chi connectivity index (χ4n) is 1.64. The molecule has 3 N–H and O–H groups in total. The van der Waals surface area contributed by atoms with E-state index in [1.807, 2.05) is 0 Å². The molecule has 0 spiro atoms. The SMILES string of the molecule is CC(C)CC(CN)CCNCC(F)(F)C(F)F. The summed E-state index contributed by atoms with van der Waals surface area (Å²) < 4.78 is 48.7. The van der Waals surface area contributed by atoms with Crippen LogP contribution in [0.15, 0.2) is 0 Å². The van der Waals surface area contributed by atoms with Gasteiger partial charge in [-0.3, -0.25) is 0 Å². The number of rotatable bonds is 9. The average molecular weight is 258 g/mol. The van der Waals surface area contributed by atoms with E-state index in [1.165, 1.54) is 0 Å². The molecule has 0 aliphatic rings. The van der Waals surface area contributed by atoms with Crippen LogP contribution in [0.5, 0.6) is 0 Å². The fourth-order valence-corrected chi connectivity index (χ4v) is 1.64. The van der Waals surface area contributed by atoms with Gasteiger partial charge in [-0.05, 0) is 37.8 Å². The van der Waals surface area contributed by atoms with Gasteiger partial charge in [-0.1, -0.05) is 13.8 Å². The second-order valence-corrected chi connectivity index (χ2v) is 4.76. The lowest BCUT2D eigenvalue weighted by Gasteiger charge is -2.19. The smallest absolute Gasteiger partial charge is 0.319 e. The Kier molecular flexibility index (Phi) is 7.70. The highest BCUT2D eigenvalue weighted by Crippen LogP contribution is 2.21. The van der Waals surface area contributed by atoms with Gasteiger partial charge in [-0.25, -0.2) is 8.78 Å². The molecular formula is C11H22F4N2. The van der Waals surface area contributed by atoms with Crippen molar-refractivity contribution in [2.75, 3.05) is 19.6 Å². The summed E-state index contributed by atoms with van der Waals surface area (Å²) in [6.07, 6.45) is -2.06. The van der Waals surface area contributed by atoms with Gasteiger partial charge in [0.1, 0.15) is 0 Å². The van der Waals surface area contributed by atoms with Crippen molar-refractivity contribution in [3.63, 3.8) is 0 Å². The van der Waals surface area contributed by atoms with Crippen molar-refractivity contribution in [3.05, 3.63) is 0 Å². The highest BCUT2D eigenvalue weighted by Gasteiger charge is 2.39. The molecule has 1 atom stereocenters. The molecule has 2 nitrogen and oxygen atoms in total. The maximum Gasteiger partial charge on any atom is 0.319 e. The quantitative estimate of drug-likeness (QED) is 0.492. The highest BCUT2D eigenvalue weighted by atomic mass is 19.3. The first-order chi connectivity index (χ1) is 7.79. The Morgan fingerprint density at radius 3 is 2.24 bits per heavy atom. The summed E-state index contributed by atoms with van der Waals surface area (Å²) in [5.74, 6) is -3.20. The molecule has 0 rings (SSSR count). The van der Waals surface area contributed by atoms with Crippen molar-refractivity contribution in [1.82, 2.24) is 5.32 Å². The summed E-state index contributed by atoms with van der Waals surface area (Å²) in [5.41, 5.74) is 5.54. The Balaban J connectivity index is 3.75. The molecule has 0 aliphatic carbocycles. The molecule has 0 amide bonds. The van der Waals surface area contributed by atoms with Crippen LogP contribution in [0.25, 0.3) is 0 Å². The molecule has 1 unspecified atom stereocenters. The molecule has 0 radical (unpaired) electrons. The lowest BCUT2D eigenvalue weighted by molar-refractivity contribution is -0.125. The summed E-state index contributed by atoms with van der Waals surface area (Å²) in [6.45, 7) is 3.91. The molecule has 6 heteroatoms. The van der Waals surface area contributed by atoms with Gasteiger partial charge in [-0.2, -0.15) is 8.78 Å². The van der Waals surface area contributed by atoms with Gasteiger partial charge in [0.15, 0.2) is 0 Å². The second kappa shape index (κ2) is 7.87. The minimum Gasteiger partial charge on any atom is -0.330 e. The van der Waals surface area contributed by atoms with Crippen molar-refractivity contribution in [2.24, 2.45) is 17.6 Å². The molecular weight excluding hydrogens is 236 g/mol. The van der Waals surface area contributed by atoms with Crippen LogP contribution >= 0.6 is 0 Å². The number of nitrogens with one attached hydrogen (secondary N) is 1. The lowest BCUT2D eigenvalue weighted by atomic mass is 9.94. The van der Waals surface area contributed by atoms with Crippen molar-refractivity contribution >= 4 is 0 Å². The Hall–Kier alpha value is -0.360. The van der Waals surface area contributed by atoms with Crippen molar-refractivity contribution in [2.45, 2.75) is 39.0 Å². The van der Waals surface area contributed by atoms with Gasteiger partial charge in [0.2, 0.25) is 0 Å². The monoisotopic (exact) mass is 258 g/mol. The van der Waals surface area contributed by atoms with E-state index < -0.39 is 18.9 Å². The van der Waals surface area contributed by atoms with Gasteiger partial charge in [0.25, 0.3) is 0 Å². The third-order valence-corrected chi connectivity index (χ3v) is 2.55. The first-order valence-electron chi connectivity index (χ1n) is 5.86. The zero-order valence-electron chi connectivity index (χ0n) is 10.4. The predicted octanol–water partition coefficient (Wildman–Crippen LogP) is 2.49. The highest BCUT2D eigenvalue weighted by molar-refractivity contribution is 4.73. The minimum absolute atomic E-state index is 0.252. The van der Waals surface area contributed by atoms with Gasteiger partial charge < -0.3 is 11.1 Å². The summed E-state index contributed by atoms with van der Waals surface area (Å²) in [6, 6.07) is 0. The molecule has 104 valence electrons. The van der Waals surface area contributed by atoms with Crippen molar-refractivity contribution in [1.29, 1.82) is 0 Å². The molecule has 0 aromatic heterocycles. The number of nitrogens with two attached hydrogens (primary N) is 1. The molecule has 0 saturated carbocycles. The maximum absolute atomic E-state index is 12.5. The van der Waals surface area contributed by atoms with Crippen molar-refractivity contribution < 1.29 is 17.6 Å². The Morgan fingerprint density at radius 1 is 1.24 bits per heavy atom. The van der Waals surface area contributed by atoms with Gasteiger partial charge in [0.05, 0.1) is 6.54 Å². The lowest BCUT2D eigenvalue weighted by Crippen LogP contribution is -2.39. The molecule has 0 aromatic carbocycles. The molecule has 0 heterocycles. The summed E-state index contributed by atoms with van der Waals surface area (Å²) in [5, 5.41) is 2.36. The first-order valence-corrected chi connectivity index (χ1v) is 5.86. The van der Waals surface area contributed by atoms with E-state index in [9.17, 15) is 17.6 Å². The third kappa shape index (κ3) is 7.54. The Bertz CT molecular complexity index is 198. The van der Waals surface area contributed by atoms with Crippen LogP contribution in [0.3, 0.4) is 0 Å². The van der Waals surface area contributed by atoms with Crippen LogP contribution in [0.2, 0.25) is 0 Å². The van der Waals surface area contributed by atoms with Crippen LogP contribution in [-0.2, 0) is 0 Å². The van der Waals surface area contributed by atoms with Gasteiger partial charge in [-0.15, -0.1) is 0 Å². The predicted molar refractivity (Wildman–Crippen MR) is 60.4 cm³/mol. The zero-order valence-corrected chi connectivity index (χ0v) is 10.4.